The number of nitrogens with one attached hydrogen (secondary N) is 1. The molecule has 2 unspecified atom stereocenters. The zero-order valence-corrected chi connectivity index (χ0v) is 9.81. The summed E-state index contributed by atoms with van der Waals surface area (Å²) in [6.45, 7) is 3.91. The summed E-state index contributed by atoms with van der Waals surface area (Å²) >= 11 is 3.13. The number of rotatable bonds is 3. The summed E-state index contributed by atoms with van der Waals surface area (Å²) in [6, 6.07) is 5.03. The van der Waals surface area contributed by atoms with E-state index in [4.69, 9.17) is 5.73 Å². The number of benzene rings is 1. The van der Waals surface area contributed by atoms with Crippen molar-refractivity contribution in [1.29, 1.82) is 0 Å². The first-order valence-electron chi connectivity index (χ1n) is 4.48. The van der Waals surface area contributed by atoms with Crippen molar-refractivity contribution < 1.29 is 4.39 Å². The normalized spacial score (nSPS) is 14.9. The van der Waals surface area contributed by atoms with Gasteiger partial charge in [0.05, 0.1) is 4.47 Å². The van der Waals surface area contributed by atoms with Crippen LogP contribution in [0.25, 0.3) is 0 Å². The Kier molecular flexibility index (Phi) is 3.89. The first-order valence-corrected chi connectivity index (χ1v) is 5.27. The standard InChI is InChI=1S/C10H14BrFN2/c1-6(13)7(2)14-8-3-4-10(12)9(11)5-8/h3-7,14H,13H2,1-2H3. The highest BCUT2D eigenvalue weighted by atomic mass is 79.9. The van der Waals surface area contributed by atoms with Gasteiger partial charge >= 0.3 is 0 Å². The van der Waals surface area contributed by atoms with Crippen molar-refractivity contribution in [3.63, 3.8) is 0 Å². The molecule has 0 amide bonds. The third-order valence-electron chi connectivity index (χ3n) is 2.10. The van der Waals surface area contributed by atoms with Gasteiger partial charge in [0.1, 0.15) is 5.82 Å². The Morgan fingerprint density at radius 1 is 1.43 bits per heavy atom. The molecule has 1 aromatic rings. The molecule has 4 heteroatoms. The molecule has 0 aliphatic heterocycles. The Labute approximate surface area is 91.8 Å². The lowest BCUT2D eigenvalue weighted by Crippen LogP contribution is -2.35. The van der Waals surface area contributed by atoms with Crippen molar-refractivity contribution in [2.75, 3.05) is 5.32 Å². The molecule has 0 fully saturated rings. The SMILES string of the molecule is CC(N)C(C)Nc1ccc(F)c(Br)c1. The predicted octanol–water partition coefficient (Wildman–Crippen LogP) is 2.74. The Bertz CT molecular complexity index is 315. The van der Waals surface area contributed by atoms with Gasteiger partial charge in [-0.05, 0) is 48.0 Å². The molecular formula is C10H14BrFN2. The van der Waals surface area contributed by atoms with E-state index < -0.39 is 0 Å². The fourth-order valence-electron chi connectivity index (χ4n) is 0.980. The highest BCUT2D eigenvalue weighted by molar-refractivity contribution is 9.10. The van der Waals surface area contributed by atoms with Crippen LogP contribution in [0.3, 0.4) is 0 Å². The Balaban J connectivity index is 2.73. The monoisotopic (exact) mass is 260 g/mol. The van der Waals surface area contributed by atoms with Crippen LogP contribution < -0.4 is 11.1 Å². The molecular weight excluding hydrogens is 247 g/mol. The minimum atomic E-state index is -0.260. The molecule has 0 radical (unpaired) electrons. The van der Waals surface area contributed by atoms with Crippen LogP contribution in [0.5, 0.6) is 0 Å². The highest BCUT2D eigenvalue weighted by Crippen LogP contribution is 2.20. The van der Waals surface area contributed by atoms with E-state index in [0.29, 0.717) is 4.47 Å². The maximum Gasteiger partial charge on any atom is 0.137 e. The Hall–Kier alpha value is -0.610. The van der Waals surface area contributed by atoms with E-state index in [-0.39, 0.29) is 17.9 Å². The molecule has 2 nitrogen and oxygen atoms in total. The third kappa shape index (κ3) is 2.96. The summed E-state index contributed by atoms with van der Waals surface area (Å²) in [5.74, 6) is -0.260. The van der Waals surface area contributed by atoms with Gasteiger partial charge in [-0.2, -0.15) is 0 Å². The largest absolute Gasteiger partial charge is 0.381 e. The quantitative estimate of drug-likeness (QED) is 0.877. The van der Waals surface area contributed by atoms with E-state index in [1.807, 2.05) is 13.8 Å². The summed E-state index contributed by atoms with van der Waals surface area (Å²) in [4.78, 5) is 0. The average Bonchev–Trinajstić information content (AvgIpc) is 2.11. The average molecular weight is 261 g/mol. The topological polar surface area (TPSA) is 38.0 Å². The second-order valence-corrected chi connectivity index (χ2v) is 4.28. The molecule has 14 heavy (non-hydrogen) atoms. The van der Waals surface area contributed by atoms with Crippen LogP contribution in [0.2, 0.25) is 0 Å². The molecule has 3 N–H and O–H groups in total. The van der Waals surface area contributed by atoms with Crippen molar-refractivity contribution in [1.82, 2.24) is 0 Å². The van der Waals surface area contributed by atoms with E-state index in [1.165, 1.54) is 6.07 Å². The van der Waals surface area contributed by atoms with E-state index in [9.17, 15) is 4.39 Å². The van der Waals surface area contributed by atoms with Gasteiger partial charge in [0.15, 0.2) is 0 Å². The first kappa shape index (κ1) is 11.5. The summed E-state index contributed by atoms with van der Waals surface area (Å²) in [5.41, 5.74) is 6.57. The van der Waals surface area contributed by atoms with Crippen molar-refractivity contribution in [3.8, 4) is 0 Å². The second-order valence-electron chi connectivity index (χ2n) is 3.42. The van der Waals surface area contributed by atoms with Gasteiger partial charge in [-0.15, -0.1) is 0 Å². The molecule has 0 bridgehead atoms. The third-order valence-corrected chi connectivity index (χ3v) is 2.71. The number of hydrogen-bond donors (Lipinski definition) is 2. The molecule has 1 aromatic carbocycles. The molecule has 0 aromatic heterocycles. The van der Waals surface area contributed by atoms with E-state index in [2.05, 4.69) is 21.2 Å². The van der Waals surface area contributed by atoms with Crippen LogP contribution >= 0.6 is 15.9 Å². The van der Waals surface area contributed by atoms with E-state index >= 15 is 0 Å². The smallest absolute Gasteiger partial charge is 0.137 e. The summed E-state index contributed by atoms with van der Waals surface area (Å²) < 4.78 is 13.4. The maximum atomic E-state index is 12.9. The number of anilines is 1. The summed E-state index contributed by atoms with van der Waals surface area (Å²) in [6.07, 6.45) is 0. The van der Waals surface area contributed by atoms with Gasteiger partial charge < -0.3 is 11.1 Å². The van der Waals surface area contributed by atoms with Gasteiger partial charge in [0.2, 0.25) is 0 Å². The van der Waals surface area contributed by atoms with Crippen LogP contribution in [-0.4, -0.2) is 12.1 Å². The lowest BCUT2D eigenvalue weighted by molar-refractivity contribution is 0.619. The molecule has 0 aliphatic rings. The van der Waals surface area contributed by atoms with Crippen LogP contribution in [0.1, 0.15) is 13.8 Å². The number of hydrogen-bond acceptors (Lipinski definition) is 2. The molecule has 0 aliphatic carbocycles. The van der Waals surface area contributed by atoms with Gasteiger partial charge in [0, 0.05) is 17.8 Å². The van der Waals surface area contributed by atoms with Crippen molar-refractivity contribution in [2.24, 2.45) is 5.73 Å². The molecule has 0 saturated heterocycles. The van der Waals surface area contributed by atoms with Crippen molar-refractivity contribution in [2.45, 2.75) is 25.9 Å². The maximum absolute atomic E-state index is 12.9. The molecule has 0 saturated carbocycles. The second kappa shape index (κ2) is 4.75. The zero-order valence-electron chi connectivity index (χ0n) is 8.22. The van der Waals surface area contributed by atoms with Crippen LogP contribution in [0.15, 0.2) is 22.7 Å². The van der Waals surface area contributed by atoms with Crippen LogP contribution in [0, 0.1) is 5.82 Å². The molecule has 0 spiro atoms. The van der Waals surface area contributed by atoms with Gasteiger partial charge in [0.25, 0.3) is 0 Å². The molecule has 1 rings (SSSR count). The fourth-order valence-corrected chi connectivity index (χ4v) is 1.36. The summed E-state index contributed by atoms with van der Waals surface area (Å²) in [5, 5.41) is 3.19. The van der Waals surface area contributed by atoms with Crippen LogP contribution in [0.4, 0.5) is 10.1 Å². The van der Waals surface area contributed by atoms with Gasteiger partial charge in [-0.25, -0.2) is 4.39 Å². The van der Waals surface area contributed by atoms with E-state index in [0.717, 1.165) is 5.69 Å². The van der Waals surface area contributed by atoms with Gasteiger partial charge in [-0.3, -0.25) is 0 Å². The minimum Gasteiger partial charge on any atom is -0.381 e. The Morgan fingerprint density at radius 2 is 2.07 bits per heavy atom. The van der Waals surface area contributed by atoms with Crippen LogP contribution in [-0.2, 0) is 0 Å². The molecule has 0 heterocycles. The van der Waals surface area contributed by atoms with Crippen molar-refractivity contribution >= 4 is 21.6 Å². The lowest BCUT2D eigenvalue weighted by atomic mass is 10.2. The molecule has 2 atom stereocenters. The predicted molar refractivity (Wildman–Crippen MR) is 60.8 cm³/mol. The van der Waals surface area contributed by atoms with Crippen molar-refractivity contribution in [3.05, 3.63) is 28.5 Å². The Morgan fingerprint density at radius 3 is 2.57 bits per heavy atom. The zero-order chi connectivity index (χ0) is 10.7. The number of halogens is 2. The summed E-state index contributed by atoms with van der Waals surface area (Å²) in [7, 11) is 0. The first-order chi connectivity index (χ1) is 6.50. The highest BCUT2D eigenvalue weighted by Gasteiger charge is 2.07. The fraction of sp³-hybridized carbons (Fsp3) is 0.400. The van der Waals surface area contributed by atoms with Gasteiger partial charge in [-0.1, -0.05) is 0 Å². The van der Waals surface area contributed by atoms with E-state index in [1.54, 1.807) is 12.1 Å². The number of nitrogens with two attached hydrogens (primary N) is 1. The minimum absolute atomic E-state index is 0.0545. The molecule has 78 valence electrons. The lowest BCUT2D eigenvalue weighted by Gasteiger charge is -2.18.